The maximum absolute atomic E-state index is 6.16. The molecule has 0 spiro atoms. The minimum Gasteiger partial charge on any atom is -0.504 e. The molecule has 1 aromatic heterocycles. The predicted molar refractivity (Wildman–Crippen MR) is 72.7 cm³/mol. The fraction of sp³-hybridized carbons (Fsp3) is 0.154. The molecule has 18 heavy (non-hydrogen) atoms. The van der Waals surface area contributed by atoms with Gasteiger partial charge >= 0.3 is 0 Å². The van der Waals surface area contributed by atoms with Gasteiger partial charge in [0, 0.05) is 11.1 Å². The van der Waals surface area contributed by atoms with Crippen LogP contribution in [0.5, 0.6) is 0 Å². The molecule has 0 aliphatic heterocycles. The zero-order valence-corrected chi connectivity index (χ0v) is 11.4. The Morgan fingerprint density at radius 3 is 2.56 bits per heavy atom. The van der Waals surface area contributed by atoms with Crippen molar-refractivity contribution in [2.75, 3.05) is 7.11 Å². The summed E-state index contributed by atoms with van der Waals surface area (Å²) in [6, 6.07) is 5.30. The van der Waals surface area contributed by atoms with Crippen LogP contribution in [0.1, 0.15) is 11.3 Å². The first kappa shape index (κ1) is 13.0. The molecule has 0 aliphatic rings. The maximum Gasteiger partial charge on any atom is 0.141 e. The summed E-state index contributed by atoms with van der Waals surface area (Å²) in [5, 5.41) is 5.07. The number of aryl methyl sites for hydroxylation is 1. The molecular weight excluding hydrogens is 273 g/mol. The Bertz CT molecular complexity index is 570. The normalized spacial score (nSPS) is 11.1. The molecule has 0 bridgehead atoms. The highest BCUT2D eigenvalue weighted by molar-refractivity contribution is 6.39. The monoisotopic (exact) mass is 283 g/mol. The number of nitrogens with zero attached hydrogens (tertiary/aromatic N) is 1. The Labute approximate surface area is 115 Å². The number of ether oxygens (including phenoxy) is 1. The molecule has 0 atom stereocenters. The van der Waals surface area contributed by atoms with E-state index in [0.717, 1.165) is 5.56 Å². The van der Waals surface area contributed by atoms with Crippen molar-refractivity contribution >= 4 is 29.3 Å². The van der Waals surface area contributed by atoms with Gasteiger partial charge < -0.3 is 9.26 Å². The van der Waals surface area contributed by atoms with Gasteiger partial charge in [0.25, 0.3) is 0 Å². The summed E-state index contributed by atoms with van der Waals surface area (Å²) in [5.41, 5.74) is 2.07. The standard InChI is InChI=1S/C13H11Cl2NO2/c1-8-9(6-7-17-2)13(16-18-8)12-10(14)4-3-5-11(12)15/h3-7H,1-2H3/b7-6+. The topological polar surface area (TPSA) is 35.3 Å². The van der Waals surface area contributed by atoms with Crippen molar-refractivity contribution in [2.24, 2.45) is 0 Å². The van der Waals surface area contributed by atoms with Crippen molar-refractivity contribution < 1.29 is 9.26 Å². The van der Waals surface area contributed by atoms with Crippen LogP contribution in [0.25, 0.3) is 17.3 Å². The number of benzene rings is 1. The van der Waals surface area contributed by atoms with Gasteiger partial charge in [0.2, 0.25) is 0 Å². The summed E-state index contributed by atoms with van der Waals surface area (Å²) in [6.45, 7) is 1.82. The third kappa shape index (κ3) is 2.37. The van der Waals surface area contributed by atoms with Gasteiger partial charge in [0.1, 0.15) is 11.5 Å². The van der Waals surface area contributed by atoms with E-state index in [4.69, 9.17) is 32.5 Å². The number of aromatic nitrogens is 1. The first-order chi connectivity index (χ1) is 8.65. The van der Waals surface area contributed by atoms with Crippen molar-refractivity contribution in [1.82, 2.24) is 5.16 Å². The third-order valence-electron chi connectivity index (χ3n) is 2.48. The van der Waals surface area contributed by atoms with E-state index >= 15 is 0 Å². The highest BCUT2D eigenvalue weighted by Crippen LogP contribution is 2.37. The van der Waals surface area contributed by atoms with Gasteiger partial charge in [-0.2, -0.15) is 0 Å². The highest BCUT2D eigenvalue weighted by Gasteiger charge is 2.17. The zero-order valence-electron chi connectivity index (χ0n) is 9.91. The van der Waals surface area contributed by atoms with Crippen molar-refractivity contribution in [3.05, 3.63) is 45.8 Å². The molecule has 5 heteroatoms. The van der Waals surface area contributed by atoms with Crippen LogP contribution in [-0.2, 0) is 4.74 Å². The molecule has 2 rings (SSSR count). The summed E-state index contributed by atoms with van der Waals surface area (Å²) in [4.78, 5) is 0. The van der Waals surface area contributed by atoms with Gasteiger partial charge in [0.15, 0.2) is 0 Å². The molecule has 0 aliphatic carbocycles. The van der Waals surface area contributed by atoms with Gasteiger partial charge in [-0.05, 0) is 25.1 Å². The van der Waals surface area contributed by atoms with Crippen LogP contribution < -0.4 is 0 Å². The molecule has 0 unspecified atom stereocenters. The molecule has 1 heterocycles. The quantitative estimate of drug-likeness (QED) is 0.774. The SMILES string of the molecule is CO/C=C/c1c(-c2c(Cl)cccc2Cl)noc1C. The van der Waals surface area contributed by atoms with Crippen molar-refractivity contribution in [3.63, 3.8) is 0 Å². The van der Waals surface area contributed by atoms with Crippen LogP contribution in [0.3, 0.4) is 0 Å². The predicted octanol–water partition coefficient (Wildman–Crippen LogP) is 4.57. The van der Waals surface area contributed by atoms with E-state index in [1.807, 2.05) is 6.92 Å². The molecule has 94 valence electrons. The summed E-state index contributed by atoms with van der Waals surface area (Å²) in [6.07, 6.45) is 3.31. The number of methoxy groups -OCH3 is 1. The molecule has 0 fully saturated rings. The van der Waals surface area contributed by atoms with Crippen LogP contribution in [0.15, 0.2) is 29.0 Å². The molecule has 1 aromatic carbocycles. The molecule has 2 aromatic rings. The Kier molecular flexibility index (Phi) is 3.94. The fourth-order valence-corrected chi connectivity index (χ4v) is 2.19. The number of halogens is 2. The van der Waals surface area contributed by atoms with Crippen molar-refractivity contribution in [3.8, 4) is 11.3 Å². The van der Waals surface area contributed by atoms with Crippen molar-refractivity contribution in [2.45, 2.75) is 6.92 Å². The molecular formula is C13H11Cl2NO2. The minimum absolute atomic E-state index is 0.530. The van der Waals surface area contributed by atoms with Crippen LogP contribution in [-0.4, -0.2) is 12.3 Å². The minimum atomic E-state index is 0.530. The molecule has 0 amide bonds. The first-order valence-corrected chi connectivity index (χ1v) is 6.00. The van der Waals surface area contributed by atoms with Crippen molar-refractivity contribution in [1.29, 1.82) is 0 Å². The molecule has 0 radical (unpaired) electrons. The largest absolute Gasteiger partial charge is 0.504 e. The first-order valence-electron chi connectivity index (χ1n) is 5.25. The Balaban J connectivity index is 2.61. The van der Waals surface area contributed by atoms with Gasteiger partial charge in [0.05, 0.1) is 23.4 Å². The van der Waals surface area contributed by atoms with E-state index in [1.54, 1.807) is 37.6 Å². The lowest BCUT2D eigenvalue weighted by molar-refractivity contribution is 0.341. The Hall–Kier alpha value is -1.45. The summed E-state index contributed by atoms with van der Waals surface area (Å²) in [7, 11) is 1.57. The van der Waals surface area contributed by atoms with Crippen LogP contribution in [0, 0.1) is 6.92 Å². The zero-order chi connectivity index (χ0) is 13.1. The van der Waals surface area contributed by atoms with E-state index in [2.05, 4.69) is 5.16 Å². The summed E-state index contributed by atoms with van der Waals surface area (Å²) in [5.74, 6) is 0.675. The lowest BCUT2D eigenvalue weighted by Crippen LogP contribution is -1.85. The molecule has 0 saturated carbocycles. The van der Waals surface area contributed by atoms with Crippen LogP contribution >= 0.6 is 23.2 Å². The summed E-state index contributed by atoms with van der Waals surface area (Å²) < 4.78 is 10.1. The van der Waals surface area contributed by atoms with Gasteiger partial charge in [-0.1, -0.05) is 34.4 Å². The lowest BCUT2D eigenvalue weighted by atomic mass is 10.1. The van der Waals surface area contributed by atoms with Crippen LogP contribution in [0.4, 0.5) is 0 Å². The lowest BCUT2D eigenvalue weighted by Gasteiger charge is -2.04. The van der Waals surface area contributed by atoms with Gasteiger partial charge in [-0.15, -0.1) is 0 Å². The van der Waals surface area contributed by atoms with Crippen LogP contribution in [0.2, 0.25) is 10.0 Å². The van der Waals surface area contributed by atoms with E-state index < -0.39 is 0 Å². The molecule has 0 N–H and O–H groups in total. The van der Waals surface area contributed by atoms with E-state index in [9.17, 15) is 0 Å². The average Bonchev–Trinajstić information content (AvgIpc) is 2.68. The smallest absolute Gasteiger partial charge is 0.141 e. The Morgan fingerprint density at radius 2 is 1.94 bits per heavy atom. The second-order valence-electron chi connectivity index (χ2n) is 3.64. The molecule has 0 saturated heterocycles. The maximum atomic E-state index is 6.16. The number of rotatable bonds is 3. The third-order valence-corrected chi connectivity index (χ3v) is 3.11. The van der Waals surface area contributed by atoms with Gasteiger partial charge in [-0.25, -0.2) is 0 Å². The molecule has 3 nitrogen and oxygen atoms in total. The second kappa shape index (κ2) is 5.46. The second-order valence-corrected chi connectivity index (χ2v) is 4.45. The summed E-state index contributed by atoms with van der Waals surface area (Å²) >= 11 is 12.3. The van der Waals surface area contributed by atoms with Gasteiger partial charge in [-0.3, -0.25) is 0 Å². The van der Waals surface area contributed by atoms with E-state index in [-0.39, 0.29) is 0 Å². The Morgan fingerprint density at radius 1 is 1.28 bits per heavy atom. The van der Waals surface area contributed by atoms with E-state index in [0.29, 0.717) is 27.1 Å². The fourth-order valence-electron chi connectivity index (χ4n) is 1.62. The number of hydrogen-bond acceptors (Lipinski definition) is 3. The number of hydrogen-bond donors (Lipinski definition) is 0. The highest BCUT2D eigenvalue weighted by atomic mass is 35.5. The van der Waals surface area contributed by atoms with E-state index in [1.165, 1.54) is 0 Å². The average molecular weight is 284 g/mol.